The fourth-order valence-electron chi connectivity index (χ4n) is 8.76. The fraction of sp³-hybridized carbons (Fsp3) is 0. The minimum atomic E-state index is 0.608. The zero-order valence-electron chi connectivity index (χ0n) is 33.4. The Bertz CT molecular complexity index is 3640. The van der Waals surface area contributed by atoms with Gasteiger partial charge in [-0.15, -0.1) is 0 Å². The number of para-hydroxylation sites is 2. The van der Waals surface area contributed by atoms with Crippen LogP contribution in [0, 0.1) is 0 Å². The summed E-state index contributed by atoms with van der Waals surface area (Å²) in [5.41, 5.74) is 15.3. The van der Waals surface area contributed by atoms with Gasteiger partial charge in [0.1, 0.15) is 22.3 Å². The molecule has 3 aromatic heterocycles. The lowest BCUT2D eigenvalue weighted by Crippen LogP contribution is -2.00. The molecule has 290 valence electrons. The number of furan rings is 2. The summed E-state index contributed by atoms with van der Waals surface area (Å²) < 4.78 is 12.4. The number of rotatable bonds is 7. The summed E-state index contributed by atoms with van der Waals surface area (Å²) in [6, 6.07) is 73.5. The first-order valence-electron chi connectivity index (χ1n) is 20.7. The lowest BCUT2D eigenvalue weighted by atomic mass is 9.94. The number of hydrogen-bond acceptors (Lipinski definition) is 5. The molecule has 0 saturated heterocycles. The molecule has 0 bridgehead atoms. The number of benzene rings is 9. The first-order valence-corrected chi connectivity index (χ1v) is 20.7. The van der Waals surface area contributed by atoms with Gasteiger partial charge in [-0.25, -0.2) is 15.0 Å². The third kappa shape index (κ3) is 6.23. The lowest BCUT2D eigenvalue weighted by Gasteiger charge is -2.11. The van der Waals surface area contributed by atoms with Gasteiger partial charge < -0.3 is 8.83 Å². The predicted molar refractivity (Wildman–Crippen MR) is 252 cm³/mol. The van der Waals surface area contributed by atoms with Crippen molar-refractivity contribution in [3.8, 4) is 78.7 Å². The minimum Gasteiger partial charge on any atom is -0.456 e. The zero-order valence-corrected chi connectivity index (χ0v) is 33.4. The van der Waals surface area contributed by atoms with E-state index in [2.05, 4.69) is 140 Å². The summed E-state index contributed by atoms with van der Waals surface area (Å²) in [6.07, 6.45) is 0. The molecule has 9 aromatic carbocycles. The molecular formula is C57H35N3O2. The molecule has 0 atom stereocenters. The highest BCUT2D eigenvalue weighted by Crippen LogP contribution is 2.40. The van der Waals surface area contributed by atoms with Crippen LogP contribution in [0.3, 0.4) is 0 Å². The van der Waals surface area contributed by atoms with E-state index in [1.807, 2.05) is 72.8 Å². The standard InChI is InChI=1S/C57H35N3O2/c1-2-13-37(14-3-1)55-58-56(60-57(59-55)44-20-10-19-43(35-44)46-24-12-28-52-54(46)48-22-5-7-26-50(48)62-52)38-31-29-36(30-32-38)39-15-8-16-40(33-39)41-17-9-18-42(34-41)45-23-11-27-51-53(45)47-21-4-6-25-49(47)61-51/h1-35H. The molecule has 0 aliphatic heterocycles. The average Bonchev–Trinajstić information content (AvgIpc) is 3.93. The third-order valence-corrected chi connectivity index (χ3v) is 11.8. The van der Waals surface area contributed by atoms with Gasteiger partial charge in [-0.05, 0) is 87.0 Å². The average molecular weight is 794 g/mol. The predicted octanol–water partition coefficient (Wildman–Crippen LogP) is 15.3. The molecule has 0 radical (unpaired) electrons. The SMILES string of the molecule is c1ccc(-c2nc(-c3ccc(-c4cccc(-c5cccc(-c6cccc7oc8ccccc8c67)c5)c4)cc3)nc(-c3cccc(-c4cccc5oc6ccccc6c45)c3)n2)cc1. The minimum absolute atomic E-state index is 0.608. The monoisotopic (exact) mass is 793 g/mol. The van der Waals surface area contributed by atoms with Crippen LogP contribution < -0.4 is 0 Å². The van der Waals surface area contributed by atoms with E-state index in [1.54, 1.807) is 0 Å². The maximum atomic E-state index is 6.23. The highest BCUT2D eigenvalue weighted by atomic mass is 16.3. The molecule has 0 amide bonds. The molecule has 12 aromatic rings. The zero-order chi connectivity index (χ0) is 41.0. The number of hydrogen-bond donors (Lipinski definition) is 0. The van der Waals surface area contributed by atoms with Crippen molar-refractivity contribution in [2.75, 3.05) is 0 Å². The second-order valence-electron chi connectivity index (χ2n) is 15.5. The van der Waals surface area contributed by atoms with Crippen LogP contribution in [0.1, 0.15) is 0 Å². The van der Waals surface area contributed by atoms with E-state index in [9.17, 15) is 0 Å². The topological polar surface area (TPSA) is 65.0 Å². The van der Waals surface area contributed by atoms with E-state index in [1.165, 1.54) is 0 Å². The number of nitrogens with zero attached hydrogens (tertiary/aromatic N) is 3. The first-order chi connectivity index (χ1) is 30.7. The molecule has 12 rings (SSSR count). The lowest BCUT2D eigenvalue weighted by molar-refractivity contribution is 0.668. The van der Waals surface area contributed by atoms with E-state index in [0.717, 1.165) is 105 Å². The van der Waals surface area contributed by atoms with Crippen molar-refractivity contribution < 1.29 is 8.83 Å². The van der Waals surface area contributed by atoms with Crippen molar-refractivity contribution in [3.63, 3.8) is 0 Å². The maximum Gasteiger partial charge on any atom is 0.164 e. The van der Waals surface area contributed by atoms with Crippen LogP contribution in [0.5, 0.6) is 0 Å². The fourth-order valence-corrected chi connectivity index (χ4v) is 8.76. The molecule has 0 saturated carbocycles. The van der Waals surface area contributed by atoms with Crippen LogP contribution in [0.2, 0.25) is 0 Å². The summed E-state index contributed by atoms with van der Waals surface area (Å²) in [5, 5.41) is 4.45. The van der Waals surface area contributed by atoms with Crippen LogP contribution in [0.4, 0.5) is 0 Å². The molecule has 5 heteroatoms. The Kier molecular flexibility index (Phi) is 8.42. The molecule has 0 N–H and O–H groups in total. The molecule has 5 nitrogen and oxygen atoms in total. The van der Waals surface area contributed by atoms with Gasteiger partial charge in [-0.3, -0.25) is 0 Å². The highest BCUT2D eigenvalue weighted by Gasteiger charge is 2.17. The van der Waals surface area contributed by atoms with Gasteiger partial charge in [0.2, 0.25) is 0 Å². The molecule has 0 aliphatic carbocycles. The normalized spacial score (nSPS) is 11.5. The molecule has 0 aliphatic rings. The summed E-state index contributed by atoms with van der Waals surface area (Å²) in [7, 11) is 0. The first kappa shape index (κ1) is 35.5. The van der Waals surface area contributed by atoms with Gasteiger partial charge in [-0.1, -0.05) is 170 Å². The molecule has 62 heavy (non-hydrogen) atoms. The Morgan fingerprint density at radius 2 is 0.597 bits per heavy atom. The summed E-state index contributed by atoms with van der Waals surface area (Å²) in [4.78, 5) is 15.2. The molecule has 3 heterocycles. The Labute approximate surface area is 357 Å². The van der Waals surface area contributed by atoms with Crippen LogP contribution >= 0.6 is 0 Å². The van der Waals surface area contributed by atoms with Crippen molar-refractivity contribution >= 4 is 43.9 Å². The van der Waals surface area contributed by atoms with Crippen molar-refractivity contribution in [1.82, 2.24) is 15.0 Å². The Morgan fingerprint density at radius 1 is 0.242 bits per heavy atom. The summed E-state index contributed by atoms with van der Waals surface area (Å²) in [5.74, 6) is 1.84. The van der Waals surface area contributed by atoms with E-state index < -0.39 is 0 Å². The van der Waals surface area contributed by atoms with Gasteiger partial charge in [-0.2, -0.15) is 0 Å². The van der Waals surface area contributed by atoms with Crippen molar-refractivity contribution in [2.45, 2.75) is 0 Å². The van der Waals surface area contributed by atoms with E-state index in [4.69, 9.17) is 23.8 Å². The smallest absolute Gasteiger partial charge is 0.164 e. The van der Waals surface area contributed by atoms with Crippen LogP contribution in [0.15, 0.2) is 221 Å². The Hall–Kier alpha value is -8.41. The summed E-state index contributed by atoms with van der Waals surface area (Å²) in [6.45, 7) is 0. The molecule has 0 unspecified atom stereocenters. The summed E-state index contributed by atoms with van der Waals surface area (Å²) >= 11 is 0. The molecule has 0 fully saturated rings. The van der Waals surface area contributed by atoms with Crippen molar-refractivity contribution in [2.24, 2.45) is 0 Å². The molecular weight excluding hydrogens is 759 g/mol. The van der Waals surface area contributed by atoms with Gasteiger partial charge in [0, 0.05) is 38.2 Å². The second-order valence-corrected chi connectivity index (χ2v) is 15.5. The maximum absolute atomic E-state index is 6.23. The van der Waals surface area contributed by atoms with Gasteiger partial charge in [0.05, 0.1) is 0 Å². The van der Waals surface area contributed by atoms with Crippen LogP contribution in [-0.4, -0.2) is 15.0 Å². The Morgan fingerprint density at radius 3 is 1.16 bits per heavy atom. The quantitative estimate of drug-likeness (QED) is 0.161. The van der Waals surface area contributed by atoms with Gasteiger partial charge >= 0.3 is 0 Å². The second kappa shape index (κ2) is 14.7. The van der Waals surface area contributed by atoms with Crippen LogP contribution in [-0.2, 0) is 0 Å². The van der Waals surface area contributed by atoms with E-state index in [0.29, 0.717) is 17.5 Å². The molecule has 0 spiro atoms. The van der Waals surface area contributed by atoms with Crippen molar-refractivity contribution in [1.29, 1.82) is 0 Å². The third-order valence-electron chi connectivity index (χ3n) is 11.8. The highest BCUT2D eigenvalue weighted by molar-refractivity contribution is 6.13. The number of aromatic nitrogens is 3. The van der Waals surface area contributed by atoms with Gasteiger partial charge in [0.15, 0.2) is 17.5 Å². The Balaban J connectivity index is 0.891. The van der Waals surface area contributed by atoms with Crippen LogP contribution in [0.25, 0.3) is 123 Å². The number of fused-ring (bicyclic) bond motifs is 6. The van der Waals surface area contributed by atoms with E-state index >= 15 is 0 Å². The largest absolute Gasteiger partial charge is 0.456 e. The van der Waals surface area contributed by atoms with Crippen molar-refractivity contribution in [3.05, 3.63) is 212 Å². The van der Waals surface area contributed by atoms with Gasteiger partial charge in [0.25, 0.3) is 0 Å². The van der Waals surface area contributed by atoms with E-state index in [-0.39, 0.29) is 0 Å².